The van der Waals surface area contributed by atoms with Crippen molar-refractivity contribution in [1.82, 2.24) is 5.32 Å². The van der Waals surface area contributed by atoms with E-state index in [2.05, 4.69) is 5.32 Å². The Morgan fingerprint density at radius 3 is 2.62 bits per heavy atom. The molecule has 138 valence electrons. The number of carbonyl (C=O) groups is 2. The summed E-state index contributed by atoms with van der Waals surface area (Å²) in [5.74, 6) is 0. The quantitative estimate of drug-likeness (QED) is 0.631. The molecule has 0 bridgehead atoms. The molecule has 1 amide bonds. The Morgan fingerprint density at radius 1 is 1.19 bits per heavy atom. The molecular weight excluding hydrogens is 334 g/mol. The van der Waals surface area contributed by atoms with Gasteiger partial charge in [-0.25, -0.2) is 4.79 Å². The molecule has 0 heterocycles. The molecule has 3 N–H and O–H groups in total. The molecule has 2 atom stereocenters. The Bertz CT molecular complexity index is 732. The summed E-state index contributed by atoms with van der Waals surface area (Å²) in [7, 11) is 0. The van der Waals surface area contributed by atoms with E-state index in [9.17, 15) is 19.8 Å². The molecule has 6 heteroatoms. The number of aliphatic hydroxyl groups excluding tert-OH is 2. The van der Waals surface area contributed by atoms with Gasteiger partial charge in [-0.15, -0.1) is 0 Å². The van der Waals surface area contributed by atoms with E-state index in [1.807, 2.05) is 37.3 Å². The van der Waals surface area contributed by atoms with Gasteiger partial charge < -0.3 is 20.3 Å². The molecule has 6 nitrogen and oxygen atoms in total. The first-order valence-corrected chi connectivity index (χ1v) is 8.37. The van der Waals surface area contributed by atoms with Gasteiger partial charge in [-0.2, -0.15) is 0 Å². The summed E-state index contributed by atoms with van der Waals surface area (Å²) in [6.07, 6.45) is -2.17. The number of rotatable bonds is 8. The molecule has 0 spiro atoms. The highest BCUT2D eigenvalue weighted by Crippen LogP contribution is 2.23. The van der Waals surface area contributed by atoms with Gasteiger partial charge in [-0.1, -0.05) is 54.1 Å². The predicted octanol–water partition coefficient (Wildman–Crippen LogP) is 2.52. The zero-order valence-corrected chi connectivity index (χ0v) is 14.6. The summed E-state index contributed by atoms with van der Waals surface area (Å²) in [6.45, 7) is 2.12. The van der Waals surface area contributed by atoms with Crippen molar-refractivity contribution >= 4 is 12.4 Å². The van der Waals surface area contributed by atoms with Crippen molar-refractivity contribution in [2.45, 2.75) is 32.2 Å². The fourth-order valence-electron chi connectivity index (χ4n) is 2.52. The number of ether oxygens (including phenoxy) is 1. The van der Waals surface area contributed by atoms with E-state index in [0.717, 1.165) is 11.1 Å². The predicted molar refractivity (Wildman–Crippen MR) is 96.8 cm³/mol. The lowest BCUT2D eigenvalue weighted by Gasteiger charge is -2.20. The highest BCUT2D eigenvalue weighted by atomic mass is 16.5. The monoisotopic (exact) mass is 357 g/mol. The molecule has 2 aromatic carbocycles. The van der Waals surface area contributed by atoms with Gasteiger partial charge in [-0.3, -0.25) is 4.79 Å². The SMILES string of the molecule is Cc1ccc(C=O)c(C(O)C(O)CCNC(=O)OCc2ccccc2)c1. The number of amides is 1. The molecule has 0 aliphatic carbocycles. The number of nitrogens with one attached hydrogen (secondary N) is 1. The lowest BCUT2D eigenvalue weighted by molar-refractivity contribution is 0.0133. The van der Waals surface area contributed by atoms with Crippen molar-refractivity contribution in [2.24, 2.45) is 0 Å². The van der Waals surface area contributed by atoms with Crippen molar-refractivity contribution < 1.29 is 24.5 Å². The van der Waals surface area contributed by atoms with Crippen LogP contribution in [0.15, 0.2) is 48.5 Å². The first-order chi connectivity index (χ1) is 12.5. The van der Waals surface area contributed by atoms with Gasteiger partial charge >= 0.3 is 6.09 Å². The summed E-state index contributed by atoms with van der Waals surface area (Å²) >= 11 is 0. The largest absolute Gasteiger partial charge is 0.445 e. The van der Waals surface area contributed by atoms with Gasteiger partial charge in [0.15, 0.2) is 0 Å². The minimum atomic E-state index is -1.21. The molecule has 0 saturated heterocycles. The fraction of sp³-hybridized carbons (Fsp3) is 0.300. The smallest absolute Gasteiger partial charge is 0.407 e. The molecule has 2 aromatic rings. The van der Waals surface area contributed by atoms with Crippen LogP contribution >= 0.6 is 0 Å². The average molecular weight is 357 g/mol. The van der Waals surface area contributed by atoms with Gasteiger partial charge in [0.1, 0.15) is 19.0 Å². The average Bonchev–Trinajstić information content (AvgIpc) is 2.66. The highest BCUT2D eigenvalue weighted by molar-refractivity contribution is 5.77. The molecule has 0 aliphatic rings. The number of aliphatic hydroxyl groups is 2. The summed E-state index contributed by atoms with van der Waals surface area (Å²) in [6, 6.07) is 14.3. The third-order valence-corrected chi connectivity index (χ3v) is 3.97. The molecule has 2 rings (SSSR count). The zero-order chi connectivity index (χ0) is 18.9. The maximum atomic E-state index is 11.7. The maximum Gasteiger partial charge on any atom is 0.407 e. The zero-order valence-electron chi connectivity index (χ0n) is 14.6. The normalized spacial score (nSPS) is 12.9. The van der Waals surface area contributed by atoms with Gasteiger partial charge in [0.05, 0.1) is 6.10 Å². The topological polar surface area (TPSA) is 95.9 Å². The van der Waals surface area contributed by atoms with Crippen molar-refractivity contribution in [3.05, 3.63) is 70.8 Å². The lowest BCUT2D eigenvalue weighted by atomic mass is 9.96. The van der Waals surface area contributed by atoms with E-state index >= 15 is 0 Å². The molecule has 26 heavy (non-hydrogen) atoms. The molecular formula is C20H23NO5. The van der Waals surface area contributed by atoms with Gasteiger partial charge in [-0.05, 0) is 24.5 Å². The van der Waals surface area contributed by atoms with Crippen molar-refractivity contribution in [2.75, 3.05) is 6.54 Å². The standard InChI is InChI=1S/C20H23NO5/c1-14-7-8-16(12-22)17(11-14)19(24)18(23)9-10-21-20(25)26-13-15-5-3-2-4-6-15/h2-8,11-12,18-19,23-24H,9-10,13H2,1H3,(H,21,25). The summed E-state index contributed by atoms with van der Waals surface area (Å²) in [5.41, 5.74) is 2.45. The summed E-state index contributed by atoms with van der Waals surface area (Å²) < 4.78 is 5.07. The third kappa shape index (κ3) is 5.68. The van der Waals surface area contributed by atoms with Crippen LogP contribution in [0.25, 0.3) is 0 Å². The van der Waals surface area contributed by atoms with Crippen LogP contribution in [0.4, 0.5) is 4.79 Å². The Labute approximate surface area is 152 Å². The van der Waals surface area contributed by atoms with Gasteiger partial charge in [0.2, 0.25) is 0 Å². The van der Waals surface area contributed by atoms with Crippen LogP contribution in [-0.4, -0.2) is 35.2 Å². The van der Waals surface area contributed by atoms with Crippen LogP contribution in [0.2, 0.25) is 0 Å². The number of hydrogen-bond acceptors (Lipinski definition) is 5. The molecule has 0 aliphatic heterocycles. The van der Waals surface area contributed by atoms with E-state index in [0.29, 0.717) is 17.4 Å². The van der Waals surface area contributed by atoms with E-state index in [1.54, 1.807) is 18.2 Å². The van der Waals surface area contributed by atoms with Crippen molar-refractivity contribution in [3.63, 3.8) is 0 Å². The van der Waals surface area contributed by atoms with E-state index < -0.39 is 18.3 Å². The van der Waals surface area contributed by atoms with Crippen LogP contribution in [0, 0.1) is 6.92 Å². The third-order valence-electron chi connectivity index (χ3n) is 3.97. The highest BCUT2D eigenvalue weighted by Gasteiger charge is 2.21. The molecule has 2 unspecified atom stereocenters. The van der Waals surface area contributed by atoms with Crippen LogP contribution in [0.3, 0.4) is 0 Å². The summed E-state index contributed by atoms with van der Waals surface area (Å²) in [5, 5.41) is 23.0. The first-order valence-electron chi connectivity index (χ1n) is 8.37. The molecule has 0 aromatic heterocycles. The maximum absolute atomic E-state index is 11.7. The molecule has 0 saturated carbocycles. The Hall–Kier alpha value is -2.70. The number of hydrogen-bond donors (Lipinski definition) is 3. The first kappa shape index (κ1) is 19.6. The van der Waals surface area contributed by atoms with Crippen LogP contribution < -0.4 is 5.32 Å². The number of aryl methyl sites for hydroxylation is 1. The van der Waals surface area contributed by atoms with Gasteiger partial charge in [0.25, 0.3) is 0 Å². The summed E-state index contributed by atoms with van der Waals surface area (Å²) in [4.78, 5) is 22.8. The van der Waals surface area contributed by atoms with Crippen molar-refractivity contribution in [1.29, 1.82) is 0 Å². The van der Waals surface area contributed by atoms with E-state index in [1.165, 1.54) is 0 Å². The fourth-order valence-corrected chi connectivity index (χ4v) is 2.52. The molecule has 0 fully saturated rings. The Kier molecular flexibility index (Phi) is 7.32. The minimum absolute atomic E-state index is 0.119. The number of carbonyl (C=O) groups excluding carboxylic acids is 2. The second-order valence-electron chi connectivity index (χ2n) is 6.04. The second-order valence-corrected chi connectivity index (χ2v) is 6.04. The molecule has 0 radical (unpaired) electrons. The van der Waals surface area contributed by atoms with E-state index in [4.69, 9.17) is 4.74 Å². The van der Waals surface area contributed by atoms with E-state index in [-0.39, 0.29) is 19.6 Å². The Morgan fingerprint density at radius 2 is 1.92 bits per heavy atom. The lowest BCUT2D eigenvalue weighted by Crippen LogP contribution is -2.30. The number of alkyl carbamates (subject to hydrolysis) is 1. The van der Waals surface area contributed by atoms with Crippen LogP contribution in [0.5, 0.6) is 0 Å². The van der Waals surface area contributed by atoms with Gasteiger partial charge in [0, 0.05) is 12.1 Å². The van der Waals surface area contributed by atoms with Crippen LogP contribution in [0.1, 0.15) is 39.6 Å². The van der Waals surface area contributed by atoms with Crippen LogP contribution in [-0.2, 0) is 11.3 Å². The van der Waals surface area contributed by atoms with Crippen molar-refractivity contribution in [3.8, 4) is 0 Å². The second kappa shape index (κ2) is 9.70. The Balaban J connectivity index is 1.79. The minimum Gasteiger partial charge on any atom is -0.445 e. The number of benzene rings is 2. The number of aldehydes is 1.